The molecule has 180 valence electrons. The Morgan fingerprint density at radius 2 is 1.62 bits per heavy atom. The molecule has 3 rings (SSSR count). The molecule has 3 aromatic rings. The van der Waals surface area contributed by atoms with Gasteiger partial charge in [0.15, 0.2) is 0 Å². The van der Waals surface area contributed by atoms with Crippen molar-refractivity contribution < 1.29 is 22.8 Å². The summed E-state index contributed by atoms with van der Waals surface area (Å²) >= 11 is 0. The minimum absolute atomic E-state index is 0.143. The number of benzene rings is 2. The maximum Gasteiger partial charge on any atom is 0.416 e. The zero-order valence-electron chi connectivity index (χ0n) is 19.4. The summed E-state index contributed by atoms with van der Waals surface area (Å²) < 4.78 is 40.5. The zero-order valence-corrected chi connectivity index (χ0v) is 19.4. The fourth-order valence-electron chi connectivity index (χ4n) is 3.39. The molecule has 0 saturated heterocycles. The van der Waals surface area contributed by atoms with Crippen molar-refractivity contribution in [3.63, 3.8) is 0 Å². The summed E-state index contributed by atoms with van der Waals surface area (Å²) in [5.41, 5.74) is 0.944. The number of imidazole rings is 1. The molecular weight excluding hydrogens is 445 g/mol. The van der Waals surface area contributed by atoms with Crippen molar-refractivity contribution in [2.45, 2.75) is 39.9 Å². The Bertz CT molecular complexity index is 1140. The lowest BCUT2D eigenvalue weighted by Crippen LogP contribution is -2.44. The molecule has 0 atom stereocenters. The fraction of sp³-hybridized carbons (Fsp3) is 0.320. The number of nitrogens with zero attached hydrogens (tertiary/aromatic N) is 3. The second-order valence-electron chi connectivity index (χ2n) is 8.49. The monoisotopic (exact) mass is 472 g/mol. The lowest BCUT2D eigenvalue weighted by Gasteiger charge is -2.27. The smallest absolute Gasteiger partial charge is 0.331 e. The number of rotatable bonds is 7. The van der Waals surface area contributed by atoms with Crippen LogP contribution in [0, 0.1) is 5.92 Å². The highest BCUT2D eigenvalue weighted by Crippen LogP contribution is 2.31. The molecule has 0 unspecified atom stereocenters. The van der Waals surface area contributed by atoms with Crippen LogP contribution in [0.5, 0.6) is 0 Å². The number of nitrogens with one attached hydrogen (secondary N) is 1. The van der Waals surface area contributed by atoms with Crippen molar-refractivity contribution in [2.75, 3.05) is 11.9 Å². The van der Waals surface area contributed by atoms with E-state index in [4.69, 9.17) is 0 Å². The zero-order chi connectivity index (χ0) is 25.0. The molecule has 0 aliphatic rings. The summed E-state index contributed by atoms with van der Waals surface area (Å²) in [4.78, 5) is 31.3. The minimum atomic E-state index is -4.46. The molecule has 1 N–H and O–H groups in total. The van der Waals surface area contributed by atoms with Gasteiger partial charge in [-0.1, -0.05) is 44.2 Å². The Morgan fingerprint density at radius 3 is 2.15 bits per heavy atom. The molecule has 0 spiro atoms. The molecule has 0 radical (unpaired) electrons. The Morgan fingerprint density at radius 1 is 1.00 bits per heavy atom. The van der Waals surface area contributed by atoms with Crippen molar-refractivity contribution >= 4 is 17.8 Å². The molecule has 9 heteroatoms. The highest BCUT2D eigenvalue weighted by atomic mass is 19.4. The van der Waals surface area contributed by atoms with E-state index in [2.05, 4.69) is 10.3 Å². The first-order valence-electron chi connectivity index (χ1n) is 10.9. The molecule has 6 nitrogen and oxygen atoms in total. The first-order valence-corrected chi connectivity index (χ1v) is 10.9. The molecule has 0 aliphatic heterocycles. The van der Waals surface area contributed by atoms with E-state index in [-0.39, 0.29) is 30.4 Å². The SMILES string of the molecule is CC(C)C(=O)N(CC(=O)Nc1nc(-c2ccccc2)cn1-c1ccc(C(F)(F)F)cc1)C(C)C. The number of amides is 2. The maximum absolute atomic E-state index is 13.0. The number of alkyl halides is 3. The molecule has 0 bridgehead atoms. The van der Waals surface area contributed by atoms with Gasteiger partial charge in [0.05, 0.1) is 11.3 Å². The molecule has 0 aliphatic carbocycles. The number of hydrogen-bond donors (Lipinski definition) is 1. The van der Waals surface area contributed by atoms with Crippen molar-refractivity contribution in [3.8, 4) is 16.9 Å². The van der Waals surface area contributed by atoms with E-state index in [1.165, 1.54) is 21.6 Å². The Hall–Kier alpha value is -3.62. The van der Waals surface area contributed by atoms with Gasteiger partial charge in [0.2, 0.25) is 17.8 Å². The summed E-state index contributed by atoms with van der Waals surface area (Å²) in [5, 5.41) is 2.72. The van der Waals surface area contributed by atoms with Crippen LogP contribution in [-0.2, 0) is 15.8 Å². The average molecular weight is 473 g/mol. The number of hydrogen-bond acceptors (Lipinski definition) is 3. The molecule has 1 aromatic heterocycles. The molecule has 34 heavy (non-hydrogen) atoms. The van der Waals surface area contributed by atoms with Crippen LogP contribution in [0.1, 0.15) is 33.3 Å². The second-order valence-corrected chi connectivity index (χ2v) is 8.49. The van der Waals surface area contributed by atoms with Crippen molar-refractivity contribution in [1.29, 1.82) is 0 Å². The second kappa shape index (κ2) is 10.1. The van der Waals surface area contributed by atoms with Gasteiger partial charge in [0.25, 0.3) is 0 Å². The van der Waals surface area contributed by atoms with Crippen LogP contribution in [0.4, 0.5) is 19.1 Å². The van der Waals surface area contributed by atoms with E-state index in [0.29, 0.717) is 11.4 Å². The van der Waals surface area contributed by atoms with Crippen LogP contribution in [0.25, 0.3) is 16.9 Å². The fourth-order valence-corrected chi connectivity index (χ4v) is 3.39. The Kier molecular flexibility index (Phi) is 7.44. The van der Waals surface area contributed by atoms with Gasteiger partial charge < -0.3 is 4.90 Å². The van der Waals surface area contributed by atoms with Gasteiger partial charge in [-0.2, -0.15) is 13.2 Å². The van der Waals surface area contributed by atoms with Crippen LogP contribution >= 0.6 is 0 Å². The van der Waals surface area contributed by atoms with E-state index < -0.39 is 17.6 Å². The van der Waals surface area contributed by atoms with Gasteiger partial charge >= 0.3 is 6.18 Å². The Labute approximate surface area is 196 Å². The molecule has 2 amide bonds. The third-order valence-electron chi connectivity index (χ3n) is 5.21. The summed E-state index contributed by atoms with van der Waals surface area (Å²) in [6, 6.07) is 13.6. The summed E-state index contributed by atoms with van der Waals surface area (Å²) in [5.74, 6) is -0.736. The van der Waals surface area contributed by atoms with E-state index >= 15 is 0 Å². The average Bonchev–Trinajstić information content (AvgIpc) is 3.20. The van der Waals surface area contributed by atoms with Gasteiger partial charge in [-0.25, -0.2) is 4.98 Å². The number of carbonyl (C=O) groups is 2. The van der Waals surface area contributed by atoms with Crippen LogP contribution in [0.15, 0.2) is 60.8 Å². The third kappa shape index (κ3) is 5.84. The highest BCUT2D eigenvalue weighted by molar-refractivity contribution is 5.94. The van der Waals surface area contributed by atoms with Gasteiger partial charge in [0.1, 0.15) is 6.54 Å². The largest absolute Gasteiger partial charge is 0.416 e. The highest BCUT2D eigenvalue weighted by Gasteiger charge is 2.30. The number of halogens is 3. The Balaban J connectivity index is 1.95. The summed E-state index contributed by atoms with van der Waals surface area (Å²) in [6.07, 6.45) is -2.81. The molecule has 1 heterocycles. The predicted molar refractivity (Wildman–Crippen MR) is 124 cm³/mol. The van der Waals surface area contributed by atoms with Crippen LogP contribution in [-0.4, -0.2) is 38.9 Å². The van der Waals surface area contributed by atoms with Gasteiger partial charge in [-0.3, -0.25) is 19.5 Å². The van der Waals surface area contributed by atoms with E-state index in [1.807, 2.05) is 44.2 Å². The predicted octanol–water partition coefficient (Wildman–Crippen LogP) is 5.39. The van der Waals surface area contributed by atoms with Crippen LogP contribution in [0.2, 0.25) is 0 Å². The molecular formula is C25H27F3N4O2. The lowest BCUT2D eigenvalue weighted by atomic mass is 10.1. The molecule has 0 fully saturated rings. The van der Waals surface area contributed by atoms with Gasteiger partial charge in [0, 0.05) is 29.4 Å². The first-order chi connectivity index (χ1) is 16.0. The number of carbonyl (C=O) groups excluding carboxylic acids is 2. The van der Waals surface area contributed by atoms with E-state index in [9.17, 15) is 22.8 Å². The molecule has 0 saturated carbocycles. The summed E-state index contributed by atoms with van der Waals surface area (Å²) in [6.45, 7) is 7.00. The van der Waals surface area contributed by atoms with Crippen LogP contribution < -0.4 is 5.32 Å². The number of aromatic nitrogens is 2. The standard InChI is InChI=1S/C25H27F3N4O2/c1-16(2)23(34)31(17(3)4)15-22(33)30-24-29-21(18-8-6-5-7-9-18)14-32(24)20-12-10-19(11-13-20)25(26,27)28/h5-14,16-17H,15H2,1-4H3,(H,29,30,33). The van der Waals surface area contributed by atoms with Crippen molar-refractivity contribution in [2.24, 2.45) is 5.92 Å². The van der Waals surface area contributed by atoms with E-state index in [1.54, 1.807) is 20.0 Å². The first kappa shape index (κ1) is 25.0. The van der Waals surface area contributed by atoms with Gasteiger partial charge in [-0.15, -0.1) is 0 Å². The summed E-state index contributed by atoms with van der Waals surface area (Å²) in [7, 11) is 0. The maximum atomic E-state index is 13.0. The quantitative estimate of drug-likeness (QED) is 0.501. The normalized spacial score (nSPS) is 11.7. The number of anilines is 1. The third-order valence-corrected chi connectivity index (χ3v) is 5.21. The molecule has 2 aromatic carbocycles. The van der Waals surface area contributed by atoms with E-state index in [0.717, 1.165) is 17.7 Å². The lowest BCUT2D eigenvalue weighted by molar-refractivity contribution is -0.139. The van der Waals surface area contributed by atoms with Crippen LogP contribution in [0.3, 0.4) is 0 Å². The van der Waals surface area contributed by atoms with Crippen molar-refractivity contribution in [3.05, 3.63) is 66.4 Å². The van der Waals surface area contributed by atoms with Crippen molar-refractivity contribution in [1.82, 2.24) is 14.5 Å². The minimum Gasteiger partial charge on any atom is -0.331 e. The topological polar surface area (TPSA) is 67.2 Å². The van der Waals surface area contributed by atoms with Gasteiger partial charge in [-0.05, 0) is 38.1 Å².